The second-order valence-electron chi connectivity index (χ2n) is 8.69. The Morgan fingerprint density at radius 3 is 2.61 bits per heavy atom. The van der Waals surface area contributed by atoms with Crippen molar-refractivity contribution in [1.82, 2.24) is 15.2 Å². The van der Waals surface area contributed by atoms with Crippen LogP contribution in [-0.4, -0.2) is 40.5 Å². The second kappa shape index (κ2) is 12.7. The molecule has 0 aliphatic rings. The van der Waals surface area contributed by atoms with Gasteiger partial charge in [0, 0.05) is 5.02 Å². The minimum atomic E-state index is -1.13. The van der Waals surface area contributed by atoms with Gasteiger partial charge in [0.2, 0.25) is 5.16 Å². The van der Waals surface area contributed by atoms with Gasteiger partial charge in [0.05, 0.1) is 24.3 Å². The number of carbonyl (C=O) groups is 1. The fraction of sp³-hybridized carbons (Fsp3) is 0.100. The van der Waals surface area contributed by atoms with Crippen molar-refractivity contribution >= 4 is 62.1 Å². The lowest BCUT2D eigenvalue weighted by Gasteiger charge is -2.15. The summed E-state index contributed by atoms with van der Waals surface area (Å²) in [4.78, 5) is 16.6. The number of nitrogens with one attached hydrogen (secondary N) is 1. The zero-order chi connectivity index (χ0) is 28.9. The van der Waals surface area contributed by atoms with E-state index in [2.05, 4.69) is 49.3 Å². The molecule has 1 heterocycles. The van der Waals surface area contributed by atoms with Gasteiger partial charge in [-0.25, -0.2) is 9.78 Å². The third-order valence-corrected chi connectivity index (χ3v) is 7.80. The van der Waals surface area contributed by atoms with E-state index in [-0.39, 0.29) is 10.1 Å². The van der Waals surface area contributed by atoms with Gasteiger partial charge in [-0.05, 0) is 86.0 Å². The van der Waals surface area contributed by atoms with Crippen molar-refractivity contribution in [3.05, 3.63) is 98.3 Å². The van der Waals surface area contributed by atoms with Crippen molar-refractivity contribution in [1.29, 1.82) is 0 Å². The molecule has 5 rings (SSSR count). The summed E-state index contributed by atoms with van der Waals surface area (Å²) >= 11 is 10.6. The molecule has 0 fully saturated rings. The maximum absolute atomic E-state index is 12.1. The fourth-order valence-corrected chi connectivity index (χ4v) is 5.65. The third kappa shape index (κ3) is 6.51. The number of nitrogens with zero attached hydrogens (tertiary/aromatic N) is 2. The number of fused-ring (bicyclic) bond motifs is 1. The average Bonchev–Trinajstić information content (AvgIpc) is 3.44. The summed E-state index contributed by atoms with van der Waals surface area (Å²) in [6.07, 6.45) is 1.52. The number of benzene rings is 4. The largest absolute Gasteiger partial charge is 0.496 e. The Hall–Kier alpha value is -3.99. The molecule has 0 aliphatic carbocycles. The van der Waals surface area contributed by atoms with Crippen molar-refractivity contribution in [2.45, 2.75) is 11.8 Å². The lowest BCUT2D eigenvalue weighted by molar-refractivity contribution is -0.131. The van der Waals surface area contributed by atoms with Crippen LogP contribution >= 0.6 is 39.3 Å². The number of carboxylic acids is 1. The monoisotopic (exact) mass is 651 g/mol. The predicted octanol–water partition coefficient (Wildman–Crippen LogP) is 7.85. The van der Waals surface area contributed by atoms with Gasteiger partial charge in [0.25, 0.3) is 0 Å². The topological polar surface area (TPSA) is 107 Å². The Balaban J connectivity index is 1.39. The zero-order valence-corrected chi connectivity index (χ0v) is 25.0. The molecular formula is C30H23BrClN3O5S. The molecule has 0 radical (unpaired) electrons. The second-order valence-corrected chi connectivity index (χ2v) is 11.0. The number of ether oxygens (including phenoxy) is 3. The van der Waals surface area contributed by atoms with E-state index in [1.807, 2.05) is 24.3 Å². The van der Waals surface area contributed by atoms with Crippen LogP contribution in [0.3, 0.4) is 0 Å². The molecule has 0 aliphatic heterocycles. The highest BCUT2D eigenvalue weighted by atomic mass is 79.9. The normalized spacial score (nSPS) is 11.5. The fourth-order valence-electron chi connectivity index (χ4n) is 4.19. The Labute approximate surface area is 253 Å². The number of hydrogen-bond acceptors (Lipinski definition) is 7. The van der Waals surface area contributed by atoms with Gasteiger partial charge in [-0.1, -0.05) is 54.1 Å². The number of thioether (sulfide) groups is 1. The molecule has 5 aromatic rings. The molecule has 0 bridgehead atoms. The van der Waals surface area contributed by atoms with Gasteiger partial charge in [0.1, 0.15) is 17.3 Å². The van der Waals surface area contributed by atoms with E-state index in [1.54, 1.807) is 30.3 Å². The van der Waals surface area contributed by atoms with Gasteiger partial charge in [-0.15, -0.1) is 5.10 Å². The molecule has 0 spiro atoms. The van der Waals surface area contributed by atoms with Gasteiger partial charge in [0.15, 0.2) is 17.3 Å². The Kier molecular flexibility index (Phi) is 8.82. The first-order chi connectivity index (χ1) is 19.9. The molecule has 0 saturated heterocycles. The standard InChI is InChI=1S/C30H23BrClN3O5S/c1-38-24-11-10-20(32)15-22(24)28-33-30(35-34-28)41-26(29(36)37)14-17-12-23(31)27(25(13-17)39-2)40-16-19-8-5-7-18-6-3-4-9-21(18)19/h3-15H,16H2,1-2H3,(H,36,37)(H,33,34,35)/b26-14-. The van der Waals surface area contributed by atoms with Crippen LogP contribution in [-0.2, 0) is 11.4 Å². The van der Waals surface area contributed by atoms with Crippen molar-refractivity contribution in [2.75, 3.05) is 14.2 Å². The number of hydrogen-bond donors (Lipinski definition) is 2. The number of H-pyrrole nitrogens is 1. The highest BCUT2D eigenvalue weighted by Gasteiger charge is 2.18. The van der Waals surface area contributed by atoms with E-state index in [1.165, 1.54) is 20.3 Å². The number of aromatic nitrogens is 3. The van der Waals surface area contributed by atoms with Crippen LogP contribution in [0.2, 0.25) is 5.02 Å². The first-order valence-corrected chi connectivity index (χ1v) is 14.2. The molecule has 41 heavy (non-hydrogen) atoms. The van der Waals surface area contributed by atoms with Gasteiger partial charge in [-0.3, -0.25) is 5.10 Å². The minimum absolute atomic E-state index is 0.00647. The van der Waals surface area contributed by atoms with Crippen LogP contribution in [0.4, 0.5) is 0 Å². The molecule has 11 heteroatoms. The van der Waals surface area contributed by atoms with Crippen molar-refractivity contribution in [2.24, 2.45) is 0 Å². The SMILES string of the molecule is COc1ccc(Cl)cc1-c1nc(S/C(=C\c2cc(Br)c(OCc3cccc4ccccc34)c(OC)c2)C(=O)O)n[nH]1. The van der Waals surface area contributed by atoms with Gasteiger partial charge >= 0.3 is 5.97 Å². The number of aromatic amines is 1. The summed E-state index contributed by atoms with van der Waals surface area (Å²) < 4.78 is 17.8. The predicted molar refractivity (Wildman–Crippen MR) is 164 cm³/mol. The van der Waals surface area contributed by atoms with Crippen LogP contribution in [0, 0.1) is 0 Å². The quantitative estimate of drug-likeness (QED) is 0.116. The summed E-state index contributed by atoms with van der Waals surface area (Å²) in [5.74, 6) is 0.780. The zero-order valence-electron chi connectivity index (χ0n) is 21.9. The summed E-state index contributed by atoms with van der Waals surface area (Å²) in [7, 11) is 3.07. The molecule has 0 unspecified atom stereocenters. The molecule has 1 aromatic heterocycles. The first-order valence-electron chi connectivity index (χ1n) is 12.2. The van der Waals surface area contributed by atoms with E-state index in [0.29, 0.717) is 50.3 Å². The average molecular weight is 653 g/mol. The molecule has 0 atom stereocenters. The number of halogens is 2. The van der Waals surface area contributed by atoms with Crippen molar-refractivity contribution in [3.8, 4) is 28.6 Å². The summed E-state index contributed by atoms with van der Waals surface area (Å²) in [6.45, 7) is 0.326. The minimum Gasteiger partial charge on any atom is -0.496 e. The smallest absolute Gasteiger partial charge is 0.342 e. The van der Waals surface area contributed by atoms with E-state index in [0.717, 1.165) is 28.1 Å². The van der Waals surface area contributed by atoms with Crippen LogP contribution < -0.4 is 14.2 Å². The first kappa shape index (κ1) is 28.5. The van der Waals surface area contributed by atoms with Crippen molar-refractivity contribution < 1.29 is 24.1 Å². The van der Waals surface area contributed by atoms with Gasteiger partial charge < -0.3 is 19.3 Å². The maximum Gasteiger partial charge on any atom is 0.342 e. The Morgan fingerprint density at radius 2 is 1.83 bits per heavy atom. The number of aliphatic carboxylic acids is 1. The van der Waals surface area contributed by atoms with Crippen LogP contribution in [0.5, 0.6) is 17.2 Å². The highest BCUT2D eigenvalue weighted by Crippen LogP contribution is 2.39. The highest BCUT2D eigenvalue weighted by molar-refractivity contribution is 9.10. The van der Waals surface area contributed by atoms with Crippen LogP contribution in [0.15, 0.2) is 87.3 Å². The lowest BCUT2D eigenvalue weighted by Crippen LogP contribution is -2.00. The summed E-state index contributed by atoms with van der Waals surface area (Å²) in [6, 6.07) is 22.8. The van der Waals surface area contributed by atoms with Crippen LogP contribution in [0.1, 0.15) is 11.1 Å². The van der Waals surface area contributed by atoms with Crippen LogP contribution in [0.25, 0.3) is 28.2 Å². The maximum atomic E-state index is 12.1. The Bertz CT molecular complexity index is 1770. The van der Waals surface area contributed by atoms with Crippen molar-refractivity contribution in [3.63, 3.8) is 0 Å². The lowest BCUT2D eigenvalue weighted by atomic mass is 10.1. The molecule has 4 aromatic carbocycles. The number of carboxylic acid groups (broad SMARTS) is 1. The Morgan fingerprint density at radius 1 is 1.05 bits per heavy atom. The summed E-state index contributed by atoms with van der Waals surface area (Å²) in [5.41, 5.74) is 2.23. The molecule has 2 N–H and O–H groups in total. The number of rotatable bonds is 10. The third-order valence-electron chi connectivity index (χ3n) is 6.10. The molecule has 208 valence electrons. The molecular weight excluding hydrogens is 630 g/mol. The van der Waals surface area contributed by atoms with E-state index < -0.39 is 5.97 Å². The molecule has 0 saturated carbocycles. The van der Waals surface area contributed by atoms with E-state index in [9.17, 15) is 9.90 Å². The molecule has 0 amide bonds. The van der Waals surface area contributed by atoms with E-state index >= 15 is 0 Å². The van der Waals surface area contributed by atoms with Gasteiger partial charge in [-0.2, -0.15) is 0 Å². The summed E-state index contributed by atoms with van der Waals surface area (Å²) in [5, 5.41) is 19.9. The van der Waals surface area contributed by atoms with E-state index in [4.69, 9.17) is 25.8 Å². The number of methoxy groups -OCH3 is 2. The molecule has 8 nitrogen and oxygen atoms in total.